The predicted octanol–water partition coefficient (Wildman–Crippen LogP) is 0.629. The van der Waals surface area contributed by atoms with E-state index in [1.54, 1.807) is 0 Å². The van der Waals surface area contributed by atoms with Gasteiger partial charge in [0, 0.05) is 12.6 Å². The van der Waals surface area contributed by atoms with Gasteiger partial charge in [-0.15, -0.1) is 0 Å². The molecule has 0 bridgehead atoms. The molecule has 4 N–H and O–H groups in total. The highest BCUT2D eigenvalue weighted by Crippen LogP contribution is 2.06. The van der Waals surface area contributed by atoms with E-state index >= 15 is 0 Å². The van der Waals surface area contributed by atoms with E-state index in [9.17, 15) is 8.78 Å². The van der Waals surface area contributed by atoms with Crippen molar-refractivity contribution in [3.63, 3.8) is 0 Å². The Bertz CT molecular complexity index is 274. The lowest BCUT2D eigenvalue weighted by molar-refractivity contribution is -0.122. The molecule has 1 rings (SSSR count). The Balaban J connectivity index is 0.000000500. The third-order valence-corrected chi connectivity index (χ3v) is 1.23. The van der Waals surface area contributed by atoms with E-state index in [1.165, 1.54) is 12.1 Å². The van der Waals surface area contributed by atoms with Crippen molar-refractivity contribution >= 4 is 6.47 Å². The van der Waals surface area contributed by atoms with Crippen molar-refractivity contribution in [2.24, 2.45) is 5.84 Å². The van der Waals surface area contributed by atoms with E-state index in [4.69, 9.17) is 15.7 Å². The van der Waals surface area contributed by atoms with Gasteiger partial charge in [0.1, 0.15) is 11.6 Å². The lowest BCUT2D eigenvalue weighted by Gasteiger charge is -1.99. The van der Waals surface area contributed by atoms with Crippen molar-refractivity contribution in [1.29, 1.82) is 0 Å². The number of benzene rings is 1. The summed E-state index contributed by atoms with van der Waals surface area (Å²) in [7, 11) is 0. The highest BCUT2D eigenvalue weighted by atomic mass is 19.1. The molecule has 0 unspecified atom stereocenters. The van der Waals surface area contributed by atoms with Crippen LogP contribution in [0.2, 0.25) is 0 Å². The number of carboxylic acid groups (broad SMARTS) is 1. The van der Waals surface area contributed by atoms with Gasteiger partial charge in [-0.05, 0) is 17.7 Å². The molecule has 0 spiro atoms. The number of nitrogens with one attached hydrogen (secondary N) is 1. The Kier molecular flexibility index (Phi) is 6.17. The number of hydrazine groups is 1. The highest BCUT2D eigenvalue weighted by molar-refractivity contribution is 5.32. The number of hydrogen-bond acceptors (Lipinski definition) is 3. The largest absolute Gasteiger partial charge is 0.483 e. The van der Waals surface area contributed by atoms with Gasteiger partial charge in [-0.3, -0.25) is 16.1 Å². The van der Waals surface area contributed by atoms with Crippen molar-refractivity contribution in [2.45, 2.75) is 6.54 Å². The molecule has 1 aromatic carbocycles. The van der Waals surface area contributed by atoms with Crippen LogP contribution in [0.4, 0.5) is 8.78 Å². The summed E-state index contributed by atoms with van der Waals surface area (Å²) in [6.07, 6.45) is 0. The van der Waals surface area contributed by atoms with Crippen LogP contribution in [-0.4, -0.2) is 11.6 Å². The predicted molar refractivity (Wildman–Crippen MR) is 46.1 cm³/mol. The fraction of sp³-hybridized carbons (Fsp3) is 0.125. The average Bonchev–Trinajstić information content (AvgIpc) is 2.03. The number of carbonyl (C=O) groups is 1. The fourth-order valence-corrected chi connectivity index (χ4v) is 0.831. The average molecular weight is 204 g/mol. The van der Waals surface area contributed by atoms with Gasteiger partial charge in [-0.1, -0.05) is 0 Å². The number of hydrogen-bond donors (Lipinski definition) is 3. The molecule has 0 saturated carbocycles. The second kappa shape index (κ2) is 6.93. The fourth-order valence-electron chi connectivity index (χ4n) is 0.831. The quantitative estimate of drug-likeness (QED) is 0.375. The van der Waals surface area contributed by atoms with E-state index < -0.39 is 11.6 Å². The highest BCUT2D eigenvalue weighted by Gasteiger charge is 1.98. The van der Waals surface area contributed by atoms with Crippen LogP contribution < -0.4 is 11.3 Å². The molecule has 0 saturated heterocycles. The zero-order valence-electron chi connectivity index (χ0n) is 7.21. The smallest absolute Gasteiger partial charge is 0.290 e. The van der Waals surface area contributed by atoms with Crippen molar-refractivity contribution in [3.8, 4) is 0 Å². The minimum atomic E-state index is -0.588. The second-order valence-corrected chi connectivity index (χ2v) is 2.26. The normalized spacial score (nSPS) is 8.79. The van der Waals surface area contributed by atoms with E-state index in [1.807, 2.05) is 0 Å². The van der Waals surface area contributed by atoms with Crippen molar-refractivity contribution in [2.75, 3.05) is 0 Å². The SMILES string of the molecule is NNCc1cc(F)cc(F)c1.O=CO. The molecule has 78 valence electrons. The third-order valence-electron chi connectivity index (χ3n) is 1.23. The van der Waals surface area contributed by atoms with E-state index in [2.05, 4.69) is 5.43 Å². The Morgan fingerprint density at radius 3 is 2.14 bits per heavy atom. The third kappa shape index (κ3) is 5.18. The molecule has 0 aliphatic rings. The molecule has 0 heterocycles. The van der Waals surface area contributed by atoms with Gasteiger partial charge in [0.25, 0.3) is 6.47 Å². The molecule has 0 aliphatic carbocycles. The Labute approximate surface area is 79.3 Å². The van der Waals surface area contributed by atoms with Crippen LogP contribution in [0.5, 0.6) is 0 Å². The first kappa shape index (κ1) is 12.5. The second-order valence-electron chi connectivity index (χ2n) is 2.26. The van der Waals surface area contributed by atoms with Crippen LogP contribution in [0.15, 0.2) is 18.2 Å². The molecule has 0 radical (unpaired) electrons. The molecule has 1 aromatic rings. The topological polar surface area (TPSA) is 75.3 Å². The van der Waals surface area contributed by atoms with E-state index in [0.29, 0.717) is 5.56 Å². The van der Waals surface area contributed by atoms with Crippen LogP contribution in [0, 0.1) is 11.6 Å². The summed E-state index contributed by atoms with van der Waals surface area (Å²) in [5.41, 5.74) is 2.80. The summed E-state index contributed by atoms with van der Waals surface area (Å²) in [5.74, 6) is 3.79. The number of rotatable bonds is 2. The van der Waals surface area contributed by atoms with Gasteiger partial charge < -0.3 is 5.11 Å². The standard InChI is InChI=1S/C7H8F2N2.CH2O2/c8-6-1-5(4-11-10)2-7(9)3-6;2-1-3/h1-3,11H,4,10H2;1H,(H,2,3). The summed E-state index contributed by atoms with van der Waals surface area (Å²) >= 11 is 0. The summed E-state index contributed by atoms with van der Waals surface area (Å²) in [6.45, 7) is 0.00861. The van der Waals surface area contributed by atoms with Gasteiger partial charge in [0.05, 0.1) is 0 Å². The van der Waals surface area contributed by atoms with Crippen molar-refractivity contribution in [3.05, 3.63) is 35.4 Å². The summed E-state index contributed by atoms with van der Waals surface area (Å²) in [5, 5.41) is 6.89. The van der Waals surface area contributed by atoms with Gasteiger partial charge in [0.2, 0.25) is 0 Å². The zero-order chi connectivity index (χ0) is 11.0. The molecule has 4 nitrogen and oxygen atoms in total. The Hall–Kier alpha value is -1.53. The number of halogens is 2. The van der Waals surface area contributed by atoms with Gasteiger partial charge in [-0.25, -0.2) is 8.78 Å². The van der Waals surface area contributed by atoms with Gasteiger partial charge >= 0.3 is 0 Å². The molecule has 14 heavy (non-hydrogen) atoms. The molecule has 6 heteroatoms. The van der Waals surface area contributed by atoms with E-state index in [0.717, 1.165) is 6.07 Å². The first-order valence-corrected chi connectivity index (χ1v) is 3.60. The van der Waals surface area contributed by atoms with Gasteiger partial charge in [-0.2, -0.15) is 0 Å². The maximum Gasteiger partial charge on any atom is 0.290 e. The Morgan fingerprint density at radius 1 is 1.36 bits per heavy atom. The molecular weight excluding hydrogens is 194 g/mol. The van der Waals surface area contributed by atoms with Crippen LogP contribution in [0.1, 0.15) is 5.56 Å². The van der Waals surface area contributed by atoms with Crippen LogP contribution >= 0.6 is 0 Å². The maximum absolute atomic E-state index is 12.4. The van der Waals surface area contributed by atoms with Crippen molar-refractivity contribution in [1.82, 2.24) is 5.43 Å². The van der Waals surface area contributed by atoms with Gasteiger partial charge in [0.15, 0.2) is 0 Å². The summed E-state index contributed by atoms with van der Waals surface area (Å²) in [4.78, 5) is 8.36. The number of nitrogens with two attached hydrogens (primary N) is 1. The molecule has 0 aliphatic heterocycles. The minimum absolute atomic E-state index is 0.250. The monoisotopic (exact) mass is 204 g/mol. The first-order chi connectivity index (χ1) is 6.63. The minimum Gasteiger partial charge on any atom is -0.483 e. The molecular formula is C8H10F2N2O2. The molecule has 0 fully saturated rings. The Morgan fingerprint density at radius 2 is 1.79 bits per heavy atom. The van der Waals surface area contributed by atoms with Crippen LogP contribution in [0.25, 0.3) is 0 Å². The molecule has 0 amide bonds. The molecule has 0 atom stereocenters. The summed E-state index contributed by atoms with van der Waals surface area (Å²) in [6, 6.07) is 3.27. The maximum atomic E-state index is 12.4. The van der Waals surface area contributed by atoms with Crippen LogP contribution in [0.3, 0.4) is 0 Å². The van der Waals surface area contributed by atoms with Crippen LogP contribution in [-0.2, 0) is 11.3 Å². The lowest BCUT2D eigenvalue weighted by atomic mass is 10.2. The van der Waals surface area contributed by atoms with E-state index in [-0.39, 0.29) is 13.0 Å². The van der Waals surface area contributed by atoms with Crippen molar-refractivity contribution < 1.29 is 18.7 Å². The first-order valence-electron chi connectivity index (χ1n) is 3.60. The molecule has 0 aromatic heterocycles. The lowest BCUT2D eigenvalue weighted by Crippen LogP contribution is -2.20. The zero-order valence-corrected chi connectivity index (χ0v) is 7.21. The summed E-state index contributed by atoms with van der Waals surface area (Å²) < 4.78 is 24.9.